The first kappa shape index (κ1) is 17.1. The minimum Gasteiger partial charge on any atom is -0.283 e. The van der Waals surface area contributed by atoms with E-state index >= 15 is 0 Å². The Kier molecular flexibility index (Phi) is 4.71. The second kappa shape index (κ2) is 6.62. The van der Waals surface area contributed by atoms with Gasteiger partial charge in [-0.05, 0) is 25.8 Å². The molecule has 1 fully saturated rings. The van der Waals surface area contributed by atoms with Crippen LogP contribution in [0.5, 0.6) is 0 Å². The van der Waals surface area contributed by atoms with Gasteiger partial charge in [0.1, 0.15) is 0 Å². The summed E-state index contributed by atoms with van der Waals surface area (Å²) in [5.41, 5.74) is 0.697. The van der Waals surface area contributed by atoms with Gasteiger partial charge in [-0.3, -0.25) is 9.69 Å². The van der Waals surface area contributed by atoms with Gasteiger partial charge in [0.2, 0.25) is 10.0 Å². The highest BCUT2D eigenvalue weighted by Crippen LogP contribution is 2.14. The minimum atomic E-state index is -3.22. The summed E-state index contributed by atoms with van der Waals surface area (Å²) < 4.78 is 26.9. The third-order valence-corrected chi connectivity index (χ3v) is 5.03. The smallest absolute Gasteiger partial charge is 0.275 e. The van der Waals surface area contributed by atoms with Crippen molar-refractivity contribution in [3.63, 3.8) is 0 Å². The van der Waals surface area contributed by atoms with Gasteiger partial charge in [0, 0.05) is 24.5 Å². The predicted octanol–water partition coefficient (Wildman–Crippen LogP) is 0.676. The van der Waals surface area contributed by atoms with Crippen molar-refractivity contribution in [2.75, 3.05) is 19.3 Å². The maximum atomic E-state index is 12.6. The molecule has 0 radical (unpaired) electrons. The summed E-state index contributed by atoms with van der Waals surface area (Å²) in [5.74, 6) is 0. The molecule has 3 rings (SSSR count). The van der Waals surface area contributed by atoms with Crippen molar-refractivity contribution < 1.29 is 8.42 Å². The molecule has 8 heteroatoms. The van der Waals surface area contributed by atoms with E-state index < -0.39 is 10.0 Å². The summed E-state index contributed by atoms with van der Waals surface area (Å²) in [7, 11) is -3.22. The Morgan fingerprint density at radius 3 is 2.71 bits per heavy atom. The highest BCUT2D eigenvalue weighted by Gasteiger charge is 2.23. The average molecular weight is 350 g/mol. The van der Waals surface area contributed by atoms with Crippen molar-refractivity contribution in [2.24, 2.45) is 0 Å². The molecule has 0 saturated carbocycles. The summed E-state index contributed by atoms with van der Waals surface area (Å²) in [6.45, 7) is 3.66. The Morgan fingerprint density at radius 1 is 1.29 bits per heavy atom. The van der Waals surface area contributed by atoms with E-state index in [1.54, 1.807) is 0 Å². The fraction of sp³-hybridized carbons (Fsp3) is 0.500. The molecule has 1 unspecified atom stereocenters. The molecule has 1 aromatic carbocycles. The van der Waals surface area contributed by atoms with Gasteiger partial charge >= 0.3 is 0 Å². The standard InChI is InChI=1S/C16H22N4O3S/c1-12-14-7-3-4-8-15(14)16(21)20(17-12)11-19-9-5-6-13(10-19)18-24(2,22)23/h3-4,7-8,13,18H,5-6,9-11H2,1-2H3. The van der Waals surface area contributed by atoms with Crippen molar-refractivity contribution in [2.45, 2.75) is 32.5 Å². The van der Waals surface area contributed by atoms with Crippen LogP contribution in [0.2, 0.25) is 0 Å². The van der Waals surface area contributed by atoms with Crippen LogP contribution in [-0.2, 0) is 16.7 Å². The number of sulfonamides is 1. The van der Waals surface area contributed by atoms with E-state index in [2.05, 4.69) is 14.7 Å². The summed E-state index contributed by atoms with van der Waals surface area (Å²) in [6, 6.07) is 7.34. The van der Waals surface area contributed by atoms with E-state index in [4.69, 9.17) is 0 Å². The molecular weight excluding hydrogens is 328 g/mol. The Bertz CT molecular complexity index is 907. The van der Waals surface area contributed by atoms with Crippen LogP contribution in [0.1, 0.15) is 18.5 Å². The van der Waals surface area contributed by atoms with E-state index in [-0.39, 0.29) is 11.6 Å². The van der Waals surface area contributed by atoms with Gasteiger partial charge in [-0.2, -0.15) is 5.10 Å². The van der Waals surface area contributed by atoms with Gasteiger partial charge < -0.3 is 0 Å². The van der Waals surface area contributed by atoms with E-state index in [0.717, 1.165) is 30.5 Å². The average Bonchev–Trinajstić information content (AvgIpc) is 2.51. The number of piperidine rings is 1. The molecule has 2 aromatic rings. The second-order valence-corrected chi connectivity index (χ2v) is 8.16. The van der Waals surface area contributed by atoms with Crippen LogP contribution in [-0.4, -0.2) is 48.5 Å². The van der Waals surface area contributed by atoms with Crippen LogP contribution in [0.3, 0.4) is 0 Å². The zero-order valence-corrected chi connectivity index (χ0v) is 14.7. The molecule has 1 N–H and O–H groups in total. The number of likely N-dealkylation sites (tertiary alicyclic amines) is 1. The van der Waals surface area contributed by atoms with Gasteiger partial charge in [-0.1, -0.05) is 18.2 Å². The first-order valence-corrected chi connectivity index (χ1v) is 9.89. The summed E-state index contributed by atoms with van der Waals surface area (Å²) >= 11 is 0. The third-order valence-electron chi connectivity index (χ3n) is 4.27. The monoisotopic (exact) mass is 350 g/mol. The molecule has 0 bridgehead atoms. The molecule has 2 heterocycles. The second-order valence-electron chi connectivity index (χ2n) is 6.38. The number of hydrogen-bond acceptors (Lipinski definition) is 5. The number of nitrogens with one attached hydrogen (secondary N) is 1. The first-order chi connectivity index (χ1) is 11.3. The Labute approximate surface area is 141 Å². The van der Waals surface area contributed by atoms with Gasteiger partial charge in [-0.25, -0.2) is 17.8 Å². The number of benzene rings is 1. The van der Waals surface area contributed by atoms with Crippen molar-refractivity contribution >= 4 is 20.8 Å². The highest BCUT2D eigenvalue weighted by molar-refractivity contribution is 7.88. The molecule has 24 heavy (non-hydrogen) atoms. The van der Waals surface area contributed by atoms with Gasteiger partial charge in [0.05, 0.1) is 24.0 Å². The number of fused-ring (bicyclic) bond motifs is 1. The largest absolute Gasteiger partial charge is 0.283 e. The summed E-state index contributed by atoms with van der Waals surface area (Å²) in [5, 5.41) is 5.95. The van der Waals surface area contributed by atoms with E-state index in [1.807, 2.05) is 31.2 Å². The molecular formula is C16H22N4O3S. The van der Waals surface area contributed by atoms with Crippen molar-refractivity contribution in [1.29, 1.82) is 0 Å². The fourth-order valence-electron chi connectivity index (χ4n) is 3.27. The zero-order chi connectivity index (χ0) is 17.3. The van der Waals surface area contributed by atoms with Crippen molar-refractivity contribution in [3.05, 3.63) is 40.3 Å². The number of nitrogens with zero attached hydrogens (tertiary/aromatic N) is 3. The van der Waals surface area contributed by atoms with Crippen molar-refractivity contribution in [3.8, 4) is 0 Å². The topological polar surface area (TPSA) is 84.3 Å². The quantitative estimate of drug-likeness (QED) is 0.876. The van der Waals surface area contributed by atoms with Crippen LogP contribution in [0.4, 0.5) is 0 Å². The molecule has 130 valence electrons. The Balaban J connectivity index is 1.82. The molecule has 1 aliphatic rings. The van der Waals surface area contributed by atoms with E-state index in [1.165, 1.54) is 10.9 Å². The predicted molar refractivity (Wildman–Crippen MR) is 93.3 cm³/mol. The number of hydrogen-bond donors (Lipinski definition) is 1. The summed E-state index contributed by atoms with van der Waals surface area (Å²) in [6.07, 6.45) is 2.86. The summed E-state index contributed by atoms with van der Waals surface area (Å²) in [4.78, 5) is 14.7. The van der Waals surface area contributed by atoms with Gasteiger partial charge in [0.15, 0.2) is 0 Å². The van der Waals surface area contributed by atoms with Crippen molar-refractivity contribution in [1.82, 2.24) is 19.4 Å². The first-order valence-electron chi connectivity index (χ1n) is 7.99. The molecule has 0 amide bonds. The van der Waals surface area contributed by atoms with E-state index in [0.29, 0.717) is 18.6 Å². The van der Waals surface area contributed by atoms with Crippen LogP contribution in [0.25, 0.3) is 10.8 Å². The van der Waals surface area contributed by atoms with Gasteiger partial charge in [-0.15, -0.1) is 0 Å². The fourth-order valence-corrected chi connectivity index (χ4v) is 4.07. The molecule has 1 saturated heterocycles. The maximum Gasteiger partial charge on any atom is 0.275 e. The van der Waals surface area contributed by atoms with Crippen LogP contribution >= 0.6 is 0 Å². The normalized spacial score (nSPS) is 19.7. The lowest BCUT2D eigenvalue weighted by molar-refractivity contribution is 0.151. The highest BCUT2D eigenvalue weighted by atomic mass is 32.2. The number of rotatable bonds is 4. The Morgan fingerprint density at radius 2 is 2.00 bits per heavy atom. The molecule has 0 aliphatic carbocycles. The van der Waals surface area contributed by atoms with Gasteiger partial charge in [0.25, 0.3) is 5.56 Å². The molecule has 7 nitrogen and oxygen atoms in total. The Hall–Kier alpha value is -1.77. The van der Waals surface area contributed by atoms with Crippen LogP contribution in [0.15, 0.2) is 29.1 Å². The lowest BCUT2D eigenvalue weighted by Gasteiger charge is -2.32. The minimum absolute atomic E-state index is 0.116. The van der Waals surface area contributed by atoms with Crippen LogP contribution < -0.4 is 10.3 Å². The van der Waals surface area contributed by atoms with E-state index in [9.17, 15) is 13.2 Å². The SMILES string of the molecule is Cc1nn(CN2CCCC(NS(C)(=O)=O)C2)c(=O)c2ccccc12. The molecule has 1 atom stereocenters. The van der Waals surface area contributed by atoms with Crippen LogP contribution in [0, 0.1) is 6.92 Å². The zero-order valence-electron chi connectivity index (χ0n) is 13.9. The molecule has 1 aromatic heterocycles. The number of aryl methyl sites for hydroxylation is 1. The lowest BCUT2D eigenvalue weighted by Crippen LogP contribution is -2.48. The lowest BCUT2D eigenvalue weighted by atomic mass is 10.1. The third kappa shape index (κ3) is 3.82. The number of aromatic nitrogens is 2. The molecule has 1 aliphatic heterocycles. The maximum absolute atomic E-state index is 12.6. The molecule has 0 spiro atoms.